The fourth-order valence-electron chi connectivity index (χ4n) is 2.13. The largest absolute Gasteiger partial charge is 0.353 e. The van der Waals surface area contributed by atoms with E-state index >= 15 is 0 Å². The molecular weight excluding hydrogens is 176 g/mol. The van der Waals surface area contributed by atoms with Crippen LogP contribution in [0.1, 0.15) is 38.5 Å². The van der Waals surface area contributed by atoms with E-state index in [1.807, 2.05) is 0 Å². The van der Waals surface area contributed by atoms with E-state index in [9.17, 15) is 4.79 Å². The SMILES string of the molecule is CN1CCCCC1CC(=O)NC1CC1. The number of nitrogens with one attached hydrogen (secondary N) is 1. The summed E-state index contributed by atoms with van der Waals surface area (Å²) in [5.41, 5.74) is 0. The molecule has 80 valence electrons. The number of carbonyl (C=O) groups is 1. The summed E-state index contributed by atoms with van der Waals surface area (Å²) < 4.78 is 0. The van der Waals surface area contributed by atoms with Crippen molar-refractivity contribution in [1.82, 2.24) is 10.2 Å². The van der Waals surface area contributed by atoms with Gasteiger partial charge >= 0.3 is 0 Å². The third-order valence-electron chi connectivity index (χ3n) is 3.28. The van der Waals surface area contributed by atoms with E-state index in [2.05, 4.69) is 17.3 Å². The Labute approximate surface area is 85.8 Å². The zero-order valence-electron chi connectivity index (χ0n) is 8.96. The second kappa shape index (κ2) is 4.30. The first-order valence-corrected chi connectivity index (χ1v) is 5.75. The minimum absolute atomic E-state index is 0.256. The molecule has 2 rings (SSSR count). The third-order valence-corrected chi connectivity index (χ3v) is 3.28. The first-order chi connectivity index (χ1) is 6.75. The molecule has 1 N–H and O–H groups in total. The Bertz CT molecular complexity index is 213. The quantitative estimate of drug-likeness (QED) is 0.734. The molecule has 1 aliphatic heterocycles. The van der Waals surface area contributed by atoms with Crippen LogP contribution in [0.15, 0.2) is 0 Å². The number of rotatable bonds is 3. The molecule has 3 heteroatoms. The molecule has 0 radical (unpaired) electrons. The highest BCUT2D eigenvalue weighted by Crippen LogP contribution is 2.21. The number of hydrogen-bond acceptors (Lipinski definition) is 2. The molecule has 1 unspecified atom stereocenters. The highest BCUT2D eigenvalue weighted by Gasteiger charge is 2.26. The lowest BCUT2D eigenvalue weighted by molar-refractivity contribution is -0.122. The minimum Gasteiger partial charge on any atom is -0.353 e. The van der Waals surface area contributed by atoms with Crippen LogP contribution in [0.5, 0.6) is 0 Å². The summed E-state index contributed by atoms with van der Waals surface area (Å²) in [7, 11) is 2.13. The van der Waals surface area contributed by atoms with Gasteiger partial charge in [-0.15, -0.1) is 0 Å². The van der Waals surface area contributed by atoms with Gasteiger partial charge in [0.25, 0.3) is 0 Å². The fourth-order valence-corrected chi connectivity index (χ4v) is 2.13. The van der Waals surface area contributed by atoms with Crippen molar-refractivity contribution in [3.63, 3.8) is 0 Å². The number of carbonyl (C=O) groups excluding carboxylic acids is 1. The van der Waals surface area contributed by atoms with Crippen molar-refractivity contribution in [3.05, 3.63) is 0 Å². The van der Waals surface area contributed by atoms with Crippen molar-refractivity contribution in [3.8, 4) is 0 Å². The Hall–Kier alpha value is -0.570. The van der Waals surface area contributed by atoms with Crippen LogP contribution in [0.4, 0.5) is 0 Å². The van der Waals surface area contributed by atoms with Gasteiger partial charge in [-0.05, 0) is 39.3 Å². The molecule has 1 amide bonds. The minimum atomic E-state index is 0.256. The number of piperidine rings is 1. The normalized spacial score (nSPS) is 28.8. The van der Waals surface area contributed by atoms with Crippen molar-refractivity contribution in [2.24, 2.45) is 0 Å². The van der Waals surface area contributed by atoms with Gasteiger partial charge in [-0.1, -0.05) is 6.42 Å². The molecule has 0 spiro atoms. The lowest BCUT2D eigenvalue weighted by Gasteiger charge is -2.31. The topological polar surface area (TPSA) is 32.3 Å². The van der Waals surface area contributed by atoms with Crippen LogP contribution in [-0.2, 0) is 4.79 Å². The lowest BCUT2D eigenvalue weighted by atomic mass is 10.00. The first-order valence-electron chi connectivity index (χ1n) is 5.75. The standard InChI is InChI=1S/C11H20N2O/c1-13-7-3-2-4-10(13)8-11(14)12-9-5-6-9/h9-10H,2-8H2,1H3,(H,12,14). The summed E-state index contributed by atoms with van der Waals surface area (Å²) in [6.07, 6.45) is 6.84. The highest BCUT2D eigenvalue weighted by molar-refractivity contribution is 5.77. The molecule has 1 aliphatic carbocycles. The van der Waals surface area contributed by atoms with Crippen molar-refractivity contribution < 1.29 is 4.79 Å². The summed E-state index contributed by atoms with van der Waals surface area (Å²) in [5, 5.41) is 3.06. The summed E-state index contributed by atoms with van der Waals surface area (Å²) in [5.74, 6) is 0.256. The predicted octanol–water partition coefficient (Wildman–Crippen LogP) is 1.14. The lowest BCUT2D eigenvalue weighted by Crippen LogP contribution is -2.40. The molecule has 0 aromatic carbocycles. The number of likely N-dealkylation sites (tertiary alicyclic amines) is 1. The molecule has 1 heterocycles. The van der Waals surface area contributed by atoms with Crippen LogP contribution in [0.25, 0.3) is 0 Å². The zero-order chi connectivity index (χ0) is 9.97. The van der Waals surface area contributed by atoms with Gasteiger partial charge in [0.2, 0.25) is 5.91 Å². The van der Waals surface area contributed by atoms with Gasteiger partial charge in [-0.3, -0.25) is 4.79 Å². The Kier molecular flexibility index (Phi) is 3.06. The third kappa shape index (κ3) is 2.71. The molecule has 1 saturated heterocycles. The van der Waals surface area contributed by atoms with Crippen molar-refractivity contribution in [2.75, 3.05) is 13.6 Å². The molecule has 1 saturated carbocycles. The van der Waals surface area contributed by atoms with Crippen molar-refractivity contribution in [1.29, 1.82) is 0 Å². The number of nitrogens with zero attached hydrogens (tertiary/aromatic N) is 1. The molecular formula is C11H20N2O. The molecule has 0 bridgehead atoms. The van der Waals surface area contributed by atoms with Crippen LogP contribution in [0.3, 0.4) is 0 Å². The molecule has 14 heavy (non-hydrogen) atoms. The Balaban J connectivity index is 1.73. The summed E-state index contributed by atoms with van der Waals surface area (Å²) in [6.45, 7) is 1.15. The predicted molar refractivity (Wildman–Crippen MR) is 56.1 cm³/mol. The van der Waals surface area contributed by atoms with Gasteiger partial charge in [0.05, 0.1) is 0 Å². The van der Waals surface area contributed by atoms with Gasteiger partial charge in [0.15, 0.2) is 0 Å². The van der Waals surface area contributed by atoms with Crippen molar-refractivity contribution in [2.45, 2.75) is 50.6 Å². The van der Waals surface area contributed by atoms with Gasteiger partial charge in [-0.2, -0.15) is 0 Å². The maximum absolute atomic E-state index is 11.6. The number of amides is 1. The van der Waals surface area contributed by atoms with Crippen LogP contribution < -0.4 is 5.32 Å². The summed E-state index contributed by atoms with van der Waals surface area (Å²) in [4.78, 5) is 13.9. The molecule has 3 nitrogen and oxygen atoms in total. The smallest absolute Gasteiger partial charge is 0.221 e. The Morgan fingerprint density at radius 3 is 2.79 bits per heavy atom. The average molecular weight is 196 g/mol. The van der Waals surface area contributed by atoms with E-state index in [0.717, 1.165) is 6.54 Å². The van der Waals surface area contributed by atoms with E-state index < -0.39 is 0 Å². The molecule has 2 aliphatic rings. The van der Waals surface area contributed by atoms with E-state index in [-0.39, 0.29) is 5.91 Å². The van der Waals surface area contributed by atoms with Crippen LogP contribution in [-0.4, -0.2) is 36.5 Å². The van der Waals surface area contributed by atoms with Gasteiger partial charge in [-0.25, -0.2) is 0 Å². The maximum atomic E-state index is 11.6. The fraction of sp³-hybridized carbons (Fsp3) is 0.909. The first kappa shape index (κ1) is 9.97. The monoisotopic (exact) mass is 196 g/mol. The average Bonchev–Trinajstić information content (AvgIpc) is 2.93. The summed E-state index contributed by atoms with van der Waals surface area (Å²) >= 11 is 0. The molecule has 1 atom stereocenters. The Morgan fingerprint density at radius 2 is 2.14 bits per heavy atom. The van der Waals surface area contributed by atoms with Crippen LogP contribution in [0, 0.1) is 0 Å². The van der Waals surface area contributed by atoms with E-state index in [1.54, 1.807) is 0 Å². The van der Waals surface area contributed by atoms with Crippen LogP contribution in [0.2, 0.25) is 0 Å². The van der Waals surface area contributed by atoms with E-state index in [0.29, 0.717) is 18.5 Å². The van der Waals surface area contributed by atoms with Crippen molar-refractivity contribution >= 4 is 5.91 Å². The molecule has 0 aromatic heterocycles. The zero-order valence-corrected chi connectivity index (χ0v) is 8.96. The second-order valence-electron chi connectivity index (χ2n) is 4.68. The van der Waals surface area contributed by atoms with Gasteiger partial charge < -0.3 is 10.2 Å². The van der Waals surface area contributed by atoms with E-state index in [1.165, 1.54) is 32.1 Å². The summed E-state index contributed by atoms with van der Waals surface area (Å²) in [6, 6.07) is 0.999. The highest BCUT2D eigenvalue weighted by atomic mass is 16.1. The number of hydrogen-bond donors (Lipinski definition) is 1. The van der Waals surface area contributed by atoms with Gasteiger partial charge in [0, 0.05) is 18.5 Å². The van der Waals surface area contributed by atoms with Gasteiger partial charge in [0.1, 0.15) is 0 Å². The Morgan fingerprint density at radius 1 is 1.36 bits per heavy atom. The van der Waals surface area contributed by atoms with Crippen LogP contribution >= 0.6 is 0 Å². The van der Waals surface area contributed by atoms with E-state index in [4.69, 9.17) is 0 Å². The molecule has 0 aromatic rings. The second-order valence-corrected chi connectivity index (χ2v) is 4.68. The molecule has 2 fully saturated rings. The maximum Gasteiger partial charge on any atom is 0.221 e.